The number of sulfonamides is 1. The van der Waals surface area contributed by atoms with Crippen molar-refractivity contribution in [1.29, 1.82) is 0 Å². The summed E-state index contributed by atoms with van der Waals surface area (Å²) in [5, 5.41) is 3.51. The second-order valence-electron chi connectivity index (χ2n) is 10.3. The van der Waals surface area contributed by atoms with Crippen molar-refractivity contribution >= 4 is 50.7 Å². The molecule has 3 aromatic rings. The Labute approximate surface area is 245 Å². The van der Waals surface area contributed by atoms with Crippen molar-refractivity contribution in [1.82, 2.24) is 10.2 Å². The SMILES string of the molecule is C[C@@H](C(=O)NC(C)(C)C)N(Cc1c(Cl)cccc1Cl)C(=O)CN(c1ccc(Oc2ccccc2)cc1)S(C)(=O)=O. The number of carbonyl (C=O) groups excluding carboxylic acids is 2. The third-order valence-corrected chi connectivity index (χ3v) is 7.69. The number of carbonyl (C=O) groups is 2. The van der Waals surface area contributed by atoms with Gasteiger partial charge >= 0.3 is 0 Å². The van der Waals surface area contributed by atoms with E-state index in [1.807, 2.05) is 39.0 Å². The summed E-state index contributed by atoms with van der Waals surface area (Å²) in [7, 11) is -3.89. The van der Waals surface area contributed by atoms with E-state index in [1.165, 1.54) is 4.90 Å². The van der Waals surface area contributed by atoms with Crippen molar-refractivity contribution in [3.63, 3.8) is 0 Å². The molecule has 0 radical (unpaired) electrons. The highest BCUT2D eigenvalue weighted by atomic mass is 35.5. The quantitative estimate of drug-likeness (QED) is 0.311. The minimum atomic E-state index is -3.89. The van der Waals surface area contributed by atoms with Crippen LogP contribution in [0.4, 0.5) is 5.69 Å². The maximum Gasteiger partial charge on any atom is 0.244 e. The van der Waals surface area contributed by atoms with Gasteiger partial charge in [-0.2, -0.15) is 0 Å². The third-order valence-electron chi connectivity index (χ3n) is 5.84. The first-order valence-electron chi connectivity index (χ1n) is 12.5. The van der Waals surface area contributed by atoms with Crippen molar-refractivity contribution in [2.45, 2.75) is 45.8 Å². The highest BCUT2D eigenvalue weighted by Crippen LogP contribution is 2.28. The third kappa shape index (κ3) is 8.61. The first kappa shape index (κ1) is 31.3. The van der Waals surface area contributed by atoms with E-state index in [0.29, 0.717) is 27.1 Å². The first-order chi connectivity index (χ1) is 18.7. The van der Waals surface area contributed by atoms with Gasteiger partial charge in [0.1, 0.15) is 24.1 Å². The van der Waals surface area contributed by atoms with Gasteiger partial charge in [0, 0.05) is 27.7 Å². The summed E-state index contributed by atoms with van der Waals surface area (Å²) in [6.07, 6.45) is 1.01. The number of rotatable bonds is 10. The molecule has 0 saturated carbocycles. The normalized spacial score (nSPS) is 12.4. The van der Waals surface area contributed by atoms with Crippen LogP contribution >= 0.6 is 23.2 Å². The van der Waals surface area contributed by atoms with Gasteiger partial charge in [-0.1, -0.05) is 47.5 Å². The van der Waals surface area contributed by atoms with Crippen LogP contribution < -0.4 is 14.4 Å². The van der Waals surface area contributed by atoms with E-state index in [0.717, 1.165) is 10.6 Å². The van der Waals surface area contributed by atoms with Gasteiger partial charge in [0.05, 0.1) is 11.9 Å². The van der Waals surface area contributed by atoms with Gasteiger partial charge in [-0.25, -0.2) is 8.42 Å². The lowest BCUT2D eigenvalue weighted by Crippen LogP contribution is -2.54. The summed E-state index contributed by atoms with van der Waals surface area (Å²) in [5.74, 6) is 0.110. The Bertz CT molecular complexity index is 1420. The molecular weight excluding hydrogens is 573 g/mol. The highest BCUT2D eigenvalue weighted by Gasteiger charge is 2.32. The topological polar surface area (TPSA) is 96.0 Å². The van der Waals surface area contributed by atoms with Crippen molar-refractivity contribution in [3.8, 4) is 11.5 Å². The molecule has 0 heterocycles. The average molecular weight is 607 g/mol. The van der Waals surface area contributed by atoms with E-state index < -0.39 is 40.0 Å². The number of anilines is 1. The fourth-order valence-electron chi connectivity index (χ4n) is 3.83. The van der Waals surface area contributed by atoms with E-state index in [4.69, 9.17) is 27.9 Å². The summed E-state index contributed by atoms with van der Waals surface area (Å²) in [5.41, 5.74) is 0.159. The lowest BCUT2D eigenvalue weighted by atomic mass is 10.1. The summed E-state index contributed by atoms with van der Waals surface area (Å²) in [6, 6.07) is 19.5. The number of hydrogen-bond acceptors (Lipinski definition) is 5. The van der Waals surface area contributed by atoms with Crippen LogP contribution in [0.15, 0.2) is 72.8 Å². The molecule has 40 heavy (non-hydrogen) atoms. The number of nitrogens with one attached hydrogen (secondary N) is 1. The molecule has 0 aliphatic heterocycles. The van der Waals surface area contributed by atoms with Gasteiger partial charge in [-0.05, 0) is 76.2 Å². The largest absolute Gasteiger partial charge is 0.457 e. The molecule has 11 heteroatoms. The van der Waals surface area contributed by atoms with E-state index in [-0.39, 0.29) is 12.2 Å². The van der Waals surface area contributed by atoms with Crippen LogP contribution in [0.1, 0.15) is 33.3 Å². The molecule has 0 aliphatic carbocycles. The number of amides is 2. The van der Waals surface area contributed by atoms with Crippen molar-refractivity contribution < 1.29 is 22.7 Å². The van der Waals surface area contributed by atoms with E-state index in [1.54, 1.807) is 61.5 Å². The number of ether oxygens (including phenoxy) is 1. The first-order valence-corrected chi connectivity index (χ1v) is 15.1. The molecular formula is C29H33Cl2N3O5S. The minimum absolute atomic E-state index is 0.0997. The Hall–Kier alpha value is -3.27. The molecule has 1 N–H and O–H groups in total. The van der Waals surface area contributed by atoms with Crippen molar-refractivity contribution in [3.05, 3.63) is 88.4 Å². The molecule has 214 valence electrons. The molecule has 0 bridgehead atoms. The Morgan fingerprint density at radius 3 is 1.98 bits per heavy atom. The molecule has 0 spiro atoms. The standard InChI is InChI=1S/C29H33Cl2N3O5S/c1-20(28(36)32-29(2,3)4)33(18-24-25(30)12-9-13-26(24)31)27(35)19-34(40(5,37)38)21-14-16-23(17-15-21)39-22-10-7-6-8-11-22/h6-17,20H,18-19H2,1-5H3,(H,32,36)/t20-/m0/s1. The molecule has 3 rings (SSSR count). The number of para-hydroxylation sites is 1. The molecule has 2 amide bonds. The number of benzene rings is 3. The molecule has 1 atom stereocenters. The monoisotopic (exact) mass is 605 g/mol. The van der Waals surface area contributed by atoms with E-state index >= 15 is 0 Å². The zero-order valence-corrected chi connectivity index (χ0v) is 25.3. The highest BCUT2D eigenvalue weighted by molar-refractivity contribution is 7.92. The predicted molar refractivity (Wildman–Crippen MR) is 160 cm³/mol. The van der Waals surface area contributed by atoms with Crippen LogP contribution in [0, 0.1) is 0 Å². The molecule has 3 aromatic carbocycles. The second-order valence-corrected chi connectivity index (χ2v) is 13.0. The Morgan fingerprint density at radius 1 is 0.900 bits per heavy atom. The number of hydrogen-bond donors (Lipinski definition) is 1. The summed E-state index contributed by atoms with van der Waals surface area (Å²) >= 11 is 12.7. The zero-order valence-electron chi connectivity index (χ0n) is 23.0. The molecule has 0 unspecified atom stereocenters. The Balaban J connectivity index is 1.91. The maximum atomic E-state index is 13.7. The van der Waals surface area contributed by atoms with Gasteiger partial charge < -0.3 is 15.0 Å². The van der Waals surface area contributed by atoms with Gasteiger partial charge in [-0.15, -0.1) is 0 Å². The second kappa shape index (κ2) is 12.9. The van der Waals surface area contributed by atoms with Crippen LogP contribution in [0.3, 0.4) is 0 Å². The summed E-state index contributed by atoms with van der Waals surface area (Å²) in [6.45, 7) is 6.40. The smallest absolute Gasteiger partial charge is 0.244 e. The summed E-state index contributed by atoms with van der Waals surface area (Å²) in [4.78, 5) is 28.1. The van der Waals surface area contributed by atoms with Crippen LogP contribution in [0.25, 0.3) is 0 Å². The molecule has 0 aliphatic rings. The van der Waals surface area contributed by atoms with Crippen LogP contribution in [-0.2, 0) is 26.2 Å². The Kier molecular flexibility index (Phi) is 10.1. The fourth-order valence-corrected chi connectivity index (χ4v) is 5.20. The lowest BCUT2D eigenvalue weighted by molar-refractivity contribution is -0.140. The molecule has 8 nitrogen and oxygen atoms in total. The van der Waals surface area contributed by atoms with Crippen LogP contribution in [-0.4, -0.2) is 49.5 Å². The van der Waals surface area contributed by atoms with E-state index in [9.17, 15) is 18.0 Å². The van der Waals surface area contributed by atoms with Crippen LogP contribution in [0.2, 0.25) is 10.0 Å². The van der Waals surface area contributed by atoms with Gasteiger partial charge in [0.15, 0.2) is 0 Å². The lowest BCUT2D eigenvalue weighted by Gasteiger charge is -2.33. The van der Waals surface area contributed by atoms with Gasteiger partial charge in [-0.3, -0.25) is 13.9 Å². The zero-order chi connectivity index (χ0) is 29.7. The van der Waals surface area contributed by atoms with Gasteiger partial charge in [0.2, 0.25) is 21.8 Å². The van der Waals surface area contributed by atoms with Gasteiger partial charge in [0.25, 0.3) is 0 Å². The molecule has 0 aromatic heterocycles. The maximum absolute atomic E-state index is 13.7. The van der Waals surface area contributed by atoms with Crippen molar-refractivity contribution in [2.75, 3.05) is 17.1 Å². The van der Waals surface area contributed by atoms with Crippen molar-refractivity contribution in [2.24, 2.45) is 0 Å². The number of nitrogens with zero attached hydrogens (tertiary/aromatic N) is 2. The fraction of sp³-hybridized carbons (Fsp3) is 0.310. The minimum Gasteiger partial charge on any atom is -0.457 e. The predicted octanol–water partition coefficient (Wildman–Crippen LogP) is 5.88. The Morgan fingerprint density at radius 2 is 1.45 bits per heavy atom. The molecule has 0 saturated heterocycles. The average Bonchev–Trinajstić information content (AvgIpc) is 2.86. The van der Waals surface area contributed by atoms with E-state index in [2.05, 4.69) is 5.32 Å². The van der Waals surface area contributed by atoms with Crippen LogP contribution in [0.5, 0.6) is 11.5 Å². The molecule has 0 fully saturated rings. The summed E-state index contributed by atoms with van der Waals surface area (Å²) < 4.78 is 32.4. The number of halogens is 2.